The van der Waals surface area contributed by atoms with Crippen molar-refractivity contribution in [2.24, 2.45) is 5.10 Å². The van der Waals surface area contributed by atoms with Gasteiger partial charge in [-0.2, -0.15) is 9.78 Å². The molecule has 0 spiro atoms. The molecule has 1 heterocycles. The zero-order valence-electron chi connectivity index (χ0n) is 22.5. The molecule has 1 N–H and O–H groups in total. The fourth-order valence-corrected chi connectivity index (χ4v) is 5.92. The molecule has 3 aromatic carbocycles. The van der Waals surface area contributed by atoms with Crippen molar-refractivity contribution in [2.75, 3.05) is 19.0 Å². The summed E-state index contributed by atoms with van der Waals surface area (Å²) in [6.45, 7) is -0.398. The van der Waals surface area contributed by atoms with Crippen molar-refractivity contribution in [2.45, 2.75) is 38.0 Å². The van der Waals surface area contributed by atoms with E-state index in [1.807, 2.05) is 12.1 Å². The molecule has 42 heavy (non-hydrogen) atoms. The molecule has 12 heteroatoms. The number of halogens is 4. The average molecular weight is 721 g/mol. The third-order valence-electron chi connectivity index (χ3n) is 6.95. The second-order valence-electron chi connectivity index (χ2n) is 9.80. The van der Waals surface area contributed by atoms with E-state index in [0.29, 0.717) is 32.5 Å². The van der Waals surface area contributed by atoms with Gasteiger partial charge in [0.15, 0.2) is 18.1 Å². The summed E-state index contributed by atoms with van der Waals surface area (Å²) >= 11 is 13.6. The third kappa shape index (κ3) is 6.68. The van der Waals surface area contributed by atoms with Crippen LogP contribution in [0.15, 0.2) is 67.4 Å². The second kappa shape index (κ2) is 13.4. The highest BCUT2D eigenvalue weighted by Gasteiger charge is 2.23. The molecule has 1 aliphatic carbocycles. The zero-order chi connectivity index (χ0) is 29.8. The van der Waals surface area contributed by atoms with Crippen LogP contribution in [0, 0.1) is 5.82 Å². The molecule has 8 nitrogen and oxygen atoms in total. The van der Waals surface area contributed by atoms with Crippen LogP contribution in [0.4, 0.5) is 10.1 Å². The van der Waals surface area contributed by atoms with Crippen LogP contribution in [-0.4, -0.2) is 35.5 Å². The van der Waals surface area contributed by atoms with Crippen molar-refractivity contribution in [3.63, 3.8) is 0 Å². The Bertz CT molecular complexity index is 1740. The predicted octanol–water partition coefficient (Wildman–Crippen LogP) is 7.67. The Morgan fingerprint density at radius 1 is 1.19 bits per heavy atom. The first-order valence-electron chi connectivity index (χ1n) is 13.3. The number of methoxy groups -OCH3 is 1. The van der Waals surface area contributed by atoms with Crippen molar-refractivity contribution in [3.8, 4) is 11.5 Å². The topological polar surface area (TPSA) is 94.8 Å². The zero-order valence-corrected chi connectivity index (χ0v) is 26.4. The van der Waals surface area contributed by atoms with Gasteiger partial charge in [-0.1, -0.05) is 52.9 Å². The van der Waals surface area contributed by atoms with E-state index in [-0.39, 0.29) is 28.0 Å². The molecule has 1 aromatic heterocycles. The molecule has 218 valence electrons. The van der Waals surface area contributed by atoms with Crippen molar-refractivity contribution >= 4 is 72.2 Å². The van der Waals surface area contributed by atoms with Crippen LogP contribution >= 0.6 is 43.5 Å². The van der Waals surface area contributed by atoms with E-state index in [2.05, 4.69) is 42.3 Å². The van der Waals surface area contributed by atoms with Crippen molar-refractivity contribution < 1.29 is 18.7 Å². The summed E-state index contributed by atoms with van der Waals surface area (Å²) in [6.07, 6.45) is 6.69. The molecule has 0 atom stereocenters. The number of rotatable bonds is 8. The lowest BCUT2D eigenvalue weighted by atomic mass is 9.88. The van der Waals surface area contributed by atoms with Crippen LogP contribution in [0.1, 0.15) is 49.4 Å². The average Bonchev–Trinajstić information content (AvgIpc) is 2.98. The summed E-state index contributed by atoms with van der Waals surface area (Å²) in [4.78, 5) is 30.9. The summed E-state index contributed by atoms with van der Waals surface area (Å²) in [5, 5.41) is 7.76. The van der Waals surface area contributed by atoms with E-state index < -0.39 is 18.3 Å². The number of aromatic nitrogens is 2. The number of hydrogen-bond acceptors (Lipinski definition) is 6. The first-order chi connectivity index (χ1) is 20.2. The number of benzene rings is 3. The maximum absolute atomic E-state index is 13.6. The standard InChI is InChI=1S/C30H26Br2ClFN4O4/c1-41-24-12-18(26(32)27(33)28(24)42-16-25(39)36-21-9-5-8-20(34)14-21)15-35-38-29(17-6-3-2-4-7-17)37-23-11-10-19(31)13-22(23)30(38)40/h5,8-15,17H,2-4,6-7,16H2,1H3,(H,36,39). The van der Waals surface area contributed by atoms with Crippen molar-refractivity contribution in [1.82, 2.24) is 9.66 Å². The fraction of sp³-hybridized carbons (Fsp3) is 0.267. The molecule has 5 rings (SSSR count). The van der Waals surface area contributed by atoms with Gasteiger partial charge in [0.2, 0.25) is 0 Å². The summed E-state index contributed by atoms with van der Waals surface area (Å²) in [6, 6.07) is 12.6. The predicted molar refractivity (Wildman–Crippen MR) is 169 cm³/mol. The van der Waals surface area contributed by atoms with Crippen molar-refractivity contribution in [3.05, 3.63) is 90.1 Å². The number of amides is 1. The number of nitrogens with one attached hydrogen (secondary N) is 1. The van der Waals surface area contributed by atoms with Crippen LogP contribution in [0.2, 0.25) is 5.02 Å². The number of carbonyl (C=O) groups is 1. The number of ether oxygens (including phenoxy) is 2. The van der Waals surface area contributed by atoms with Gasteiger partial charge in [-0.05, 0) is 71.2 Å². The Hall–Kier alpha value is -3.28. The first-order valence-corrected chi connectivity index (χ1v) is 15.2. The van der Waals surface area contributed by atoms with Crippen LogP contribution in [0.5, 0.6) is 11.5 Å². The lowest BCUT2D eigenvalue weighted by molar-refractivity contribution is -0.118. The van der Waals surface area contributed by atoms with Gasteiger partial charge in [-0.15, -0.1) is 0 Å². The quantitative estimate of drug-likeness (QED) is 0.189. The molecule has 0 saturated heterocycles. The Morgan fingerprint density at radius 3 is 2.71 bits per heavy atom. The largest absolute Gasteiger partial charge is 0.493 e. The highest BCUT2D eigenvalue weighted by atomic mass is 79.9. The Balaban J connectivity index is 1.45. The minimum atomic E-state index is -0.509. The summed E-state index contributed by atoms with van der Waals surface area (Å²) < 4.78 is 27.2. The SMILES string of the molecule is COc1cc(C=Nn2c(C3CCCCC3)nc3ccc(Br)cc3c2=O)c(Br)c(Cl)c1OCC(=O)Nc1cccc(F)c1. The van der Waals surface area contributed by atoms with E-state index in [9.17, 15) is 14.0 Å². The molecule has 0 unspecified atom stereocenters. The molecule has 1 aliphatic rings. The van der Waals surface area contributed by atoms with E-state index in [0.717, 1.165) is 36.6 Å². The lowest BCUT2D eigenvalue weighted by Crippen LogP contribution is -2.25. The molecular weight excluding hydrogens is 695 g/mol. The molecule has 4 aromatic rings. The smallest absolute Gasteiger partial charge is 0.282 e. The van der Waals surface area contributed by atoms with Crippen LogP contribution in [0.25, 0.3) is 10.9 Å². The minimum Gasteiger partial charge on any atom is -0.493 e. The second-order valence-corrected chi connectivity index (χ2v) is 11.9. The summed E-state index contributed by atoms with van der Waals surface area (Å²) in [5.41, 5.74) is 1.18. The molecular formula is C30H26Br2ClFN4O4. The summed E-state index contributed by atoms with van der Waals surface area (Å²) in [7, 11) is 1.44. The molecule has 0 aliphatic heterocycles. The highest BCUT2D eigenvalue weighted by molar-refractivity contribution is 9.10. The Morgan fingerprint density at radius 2 is 1.98 bits per heavy atom. The number of nitrogens with zero attached hydrogens (tertiary/aromatic N) is 3. The van der Waals surface area contributed by atoms with Gasteiger partial charge >= 0.3 is 0 Å². The van der Waals surface area contributed by atoms with Crippen LogP contribution in [0.3, 0.4) is 0 Å². The molecule has 0 radical (unpaired) electrons. The van der Waals surface area contributed by atoms with E-state index in [1.165, 1.54) is 36.2 Å². The number of anilines is 1. The third-order valence-corrected chi connectivity index (χ3v) is 8.88. The molecule has 0 bridgehead atoms. The van der Waals surface area contributed by atoms with Gasteiger partial charge in [-0.3, -0.25) is 9.59 Å². The normalized spacial score (nSPS) is 13.9. The fourth-order valence-electron chi connectivity index (χ4n) is 4.91. The monoisotopic (exact) mass is 718 g/mol. The molecule has 1 saturated carbocycles. The van der Waals surface area contributed by atoms with E-state index >= 15 is 0 Å². The van der Waals surface area contributed by atoms with E-state index in [4.69, 9.17) is 26.1 Å². The van der Waals surface area contributed by atoms with Gasteiger partial charge < -0.3 is 14.8 Å². The summed E-state index contributed by atoms with van der Waals surface area (Å²) in [5.74, 6) is 0.154. The minimum absolute atomic E-state index is 0.118. The van der Waals surface area contributed by atoms with Crippen molar-refractivity contribution in [1.29, 1.82) is 0 Å². The van der Waals surface area contributed by atoms with Gasteiger partial charge in [0, 0.05) is 26.1 Å². The number of fused-ring (bicyclic) bond motifs is 1. The number of carbonyl (C=O) groups excluding carboxylic acids is 1. The van der Waals surface area contributed by atoms with Crippen LogP contribution < -0.4 is 20.3 Å². The van der Waals surface area contributed by atoms with E-state index in [1.54, 1.807) is 18.2 Å². The van der Waals surface area contributed by atoms with Crippen LogP contribution in [-0.2, 0) is 4.79 Å². The molecule has 1 amide bonds. The van der Waals surface area contributed by atoms with Gasteiger partial charge in [-0.25, -0.2) is 9.37 Å². The van der Waals surface area contributed by atoms with Gasteiger partial charge in [0.25, 0.3) is 11.5 Å². The van der Waals surface area contributed by atoms with Gasteiger partial charge in [0.1, 0.15) is 16.7 Å². The molecule has 1 fully saturated rings. The lowest BCUT2D eigenvalue weighted by Gasteiger charge is -2.22. The number of hydrogen-bond donors (Lipinski definition) is 1. The first kappa shape index (κ1) is 30.2. The maximum atomic E-state index is 13.6. The maximum Gasteiger partial charge on any atom is 0.282 e. The Kier molecular flexibility index (Phi) is 9.60. The Labute approximate surface area is 263 Å². The highest BCUT2D eigenvalue weighted by Crippen LogP contribution is 2.42. The van der Waals surface area contributed by atoms with Gasteiger partial charge in [0.05, 0.1) is 24.2 Å².